The zero-order chi connectivity index (χ0) is 11.3. The third-order valence-corrected chi connectivity index (χ3v) is 2.68. The highest BCUT2D eigenvalue weighted by Gasteiger charge is 2.27. The van der Waals surface area contributed by atoms with Gasteiger partial charge < -0.3 is 14.7 Å². The molecular formula is C11H21NO3. The van der Waals surface area contributed by atoms with E-state index in [1.807, 2.05) is 13.8 Å². The van der Waals surface area contributed by atoms with Gasteiger partial charge in [-0.15, -0.1) is 0 Å². The van der Waals surface area contributed by atoms with E-state index in [-0.39, 0.29) is 24.8 Å². The van der Waals surface area contributed by atoms with Crippen molar-refractivity contribution in [1.82, 2.24) is 4.90 Å². The van der Waals surface area contributed by atoms with Crippen LogP contribution in [-0.4, -0.2) is 41.4 Å². The molecule has 1 amide bonds. The van der Waals surface area contributed by atoms with E-state index >= 15 is 0 Å². The number of carbonyl (C=O) groups excluding carboxylic acids is 1. The lowest BCUT2D eigenvalue weighted by atomic mass is 10.2. The number of aliphatic hydroxyl groups excluding tert-OH is 1. The van der Waals surface area contributed by atoms with E-state index in [0.29, 0.717) is 6.54 Å². The zero-order valence-corrected chi connectivity index (χ0v) is 9.61. The van der Waals surface area contributed by atoms with Gasteiger partial charge in [-0.25, -0.2) is 4.79 Å². The maximum absolute atomic E-state index is 11.7. The van der Waals surface area contributed by atoms with Gasteiger partial charge in [-0.05, 0) is 26.7 Å². The first-order valence-electron chi connectivity index (χ1n) is 5.73. The number of hydrogen-bond donors (Lipinski definition) is 1. The second kappa shape index (κ2) is 5.95. The maximum atomic E-state index is 11.7. The van der Waals surface area contributed by atoms with E-state index in [1.54, 1.807) is 4.90 Å². The Labute approximate surface area is 91.2 Å². The molecule has 0 aliphatic heterocycles. The SMILES string of the molecule is CC(C)OC(=O)N(CCO)C1CCCC1. The molecule has 0 atom stereocenters. The quantitative estimate of drug-likeness (QED) is 0.777. The van der Waals surface area contributed by atoms with Crippen LogP contribution in [0, 0.1) is 0 Å². The maximum Gasteiger partial charge on any atom is 0.410 e. The van der Waals surface area contributed by atoms with Gasteiger partial charge in [0.05, 0.1) is 12.7 Å². The molecular weight excluding hydrogens is 194 g/mol. The highest BCUT2D eigenvalue weighted by Crippen LogP contribution is 2.23. The van der Waals surface area contributed by atoms with Crippen LogP contribution >= 0.6 is 0 Å². The highest BCUT2D eigenvalue weighted by molar-refractivity contribution is 5.68. The highest BCUT2D eigenvalue weighted by atomic mass is 16.6. The summed E-state index contributed by atoms with van der Waals surface area (Å²) in [6, 6.07) is 0.267. The summed E-state index contributed by atoms with van der Waals surface area (Å²) in [7, 11) is 0. The second-order valence-electron chi connectivity index (χ2n) is 4.29. The Morgan fingerprint density at radius 1 is 1.47 bits per heavy atom. The van der Waals surface area contributed by atoms with Crippen LogP contribution in [0.15, 0.2) is 0 Å². The summed E-state index contributed by atoms with van der Waals surface area (Å²) in [5, 5.41) is 8.93. The largest absolute Gasteiger partial charge is 0.447 e. The Kier molecular flexibility index (Phi) is 4.88. The van der Waals surface area contributed by atoms with Gasteiger partial charge >= 0.3 is 6.09 Å². The molecule has 0 aromatic rings. The number of carbonyl (C=O) groups is 1. The molecule has 1 N–H and O–H groups in total. The molecule has 1 saturated carbocycles. The average molecular weight is 215 g/mol. The molecule has 0 bridgehead atoms. The summed E-state index contributed by atoms with van der Waals surface area (Å²) < 4.78 is 5.15. The van der Waals surface area contributed by atoms with Crippen molar-refractivity contribution in [3.63, 3.8) is 0 Å². The van der Waals surface area contributed by atoms with Crippen LogP contribution in [0.2, 0.25) is 0 Å². The molecule has 1 aliphatic rings. The standard InChI is InChI=1S/C11H21NO3/c1-9(2)15-11(14)12(7-8-13)10-5-3-4-6-10/h9-10,13H,3-8H2,1-2H3. The lowest BCUT2D eigenvalue weighted by Crippen LogP contribution is -2.41. The molecule has 4 nitrogen and oxygen atoms in total. The van der Waals surface area contributed by atoms with Crippen LogP contribution in [0.25, 0.3) is 0 Å². The van der Waals surface area contributed by atoms with Gasteiger partial charge in [0, 0.05) is 12.6 Å². The molecule has 1 fully saturated rings. The molecule has 1 aliphatic carbocycles. The molecule has 88 valence electrons. The molecule has 4 heteroatoms. The molecule has 0 radical (unpaired) electrons. The minimum Gasteiger partial charge on any atom is -0.447 e. The predicted molar refractivity (Wildman–Crippen MR) is 57.7 cm³/mol. The number of ether oxygens (including phenoxy) is 1. The second-order valence-corrected chi connectivity index (χ2v) is 4.29. The Balaban J connectivity index is 2.51. The van der Waals surface area contributed by atoms with Crippen molar-refractivity contribution in [2.45, 2.75) is 51.7 Å². The van der Waals surface area contributed by atoms with Crippen molar-refractivity contribution in [2.24, 2.45) is 0 Å². The molecule has 0 aromatic carbocycles. The lowest BCUT2D eigenvalue weighted by molar-refractivity contribution is 0.0569. The molecule has 15 heavy (non-hydrogen) atoms. The minimum absolute atomic E-state index is 0.00367. The topological polar surface area (TPSA) is 49.8 Å². The van der Waals surface area contributed by atoms with Gasteiger partial charge in [-0.2, -0.15) is 0 Å². The molecule has 0 unspecified atom stereocenters. The van der Waals surface area contributed by atoms with Crippen LogP contribution < -0.4 is 0 Å². The number of amides is 1. The number of nitrogens with zero attached hydrogens (tertiary/aromatic N) is 1. The molecule has 0 aromatic heterocycles. The van der Waals surface area contributed by atoms with E-state index in [9.17, 15) is 4.79 Å². The van der Waals surface area contributed by atoms with E-state index in [0.717, 1.165) is 12.8 Å². The minimum atomic E-state index is -0.286. The van der Waals surface area contributed by atoms with Gasteiger partial charge in [0.15, 0.2) is 0 Å². The fraction of sp³-hybridized carbons (Fsp3) is 0.909. The summed E-state index contributed by atoms with van der Waals surface area (Å²) in [5.41, 5.74) is 0. The van der Waals surface area contributed by atoms with Crippen molar-refractivity contribution < 1.29 is 14.6 Å². The van der Waals surface area contributed by atoms with E-state index in [4.69, 9.17) is 9.84 Å². The van der Waals surface area contributed by atoms with Crippen LogP contribution in [0.4, 0.5) is 4.79 Å². The van der Waals surface area contributed by atoms with Crippen molar-refractivity contribution in [1.29, 1.82) is 0 Å². The number of hydrogen-bond acceptors (Lipinski definition) is 3. The van der Waals surface area contributed by atoms with Crippen molar-refractivity contribution >= 4 is 6.09 Å². The Hall–Kier alpha value is -0.770. The third kappa shape index (κ3) is 3.70. The monoisotopic (exact) mass is 215 g/mol. The molecule has 0 saturated heterocycles. The summed E-state index contributed by atoms with van der Waals surface area (Å²) in [4.78, 5) is 13.4. The first-order chi connectivity index (χ1) is 7.15. The predicted octanol–water partition coefficient (Wildman–Crippen LogP) is 1.77. The van der Waals surface area contributed by atoms with E-state index in [1.165, 1.54) is 12.8 Å². The van der Waals surface area contributed by atoms with Gasteiger partial charge in [-0.3, -0.25) is 0 Å². The van der Waals surface area contributed by atoms with Crippen molar-refractivity contribution in [3.8, 4) is 0 Å². The third-order valence-electron chi connectivity index (χ3n) is 2.68. The first-order valence-corrected chi connectivity index (χ1v) is 5.73. The number of rotatable bonds is 4. The Morgan fingerprint density at radius 3 is 2.53 bits per heavy atom. The molecule has 1 rings (SSSR count). The van der Waals surface area contributed by atoms with Crippen LogP contribution in [-0.2, 0) is 4.74 Å². The average Bonchev–Trinajstić information content (AvgIpc) is 2.65. The molecule has 0 heterocycles. The zero-order valence-electron chi connectivity index (χ0n) is 9.61. The van der Waals surface area contributed by atoms with Crippen molar-refractivity contribution in [3.05, 3.63) is 0 Å². The summed E-state index contributed by atoms with van der Waals surface area (Å²) in [5.74, 6) is 0. The van der Waals surface area contributed by atoms with Crippen molar-refractivity contribution in [2.75, 3.05) is 13.2 Å². The van der Waals surface area contributed by atoms with Gasteiger partial charge in [0.1, 0.15) is 0 Å². The van der Waals surface area contributed by atoms with Crippen LogP contribution in [0.1, 0.15) is 39.5 Å². The van der Waals surface area contributed by atoms with Crippen LogP contribution in [0.5, 0.6) is 0 Å². The van der Waals surface area contributed by atoms with Gasteiger partial charge in [0.25, 0.3) is 0 Å². The summed E-state index contributed by atoms with van der Waals surface area (Å²) >= 11 is 0. The Bertz CT molecular complexity index is 200. The molecule has 0 spiro atoms. The summed E-state index contributed by atoms with van der Waals surface area (Å²) in [6.45, 7) is 4.06. The lowest BCUT2D eigenvalue weighted by Gasteiger charge is -2.28. The first kappa shape index (κ1) is 12.3. The summed E-state index contributed by atoms with van der Waals surface area (Å²) in [6.07, 6.45) is 4.02. The van der Waals surface area contributed by atoms with E-state index in [2.05, 4.69) is 0 Å². The van der Waals surface area contributed by atoms with Gasteiger partial charge in [0.2, 0.25) is 0 Å². The normalized spacial score (nSPS) is 17.1. The fourth-order valence-electron chi connectivity index (χ4n) is 2.02. The fourth-order valence-corrected chi connectivity index (χ4v) is 2.02. The number of aliphatic hydroxyl groups is 1. The van der Waals surface area contributed by atoms with Gasteiger partial charge in [-0.1, -0.05) is 12.8 Å². The van der Waals surface area contributed by atoms with Crippen LogP contribution in [0.3, 0.4) is 0 Å². The van der Waals surface area contributed by atoms with E-state index < -0.39 is 0 Å². The Morgan fingerprint density at radius 2 is 2.07 bits per heavy atom. The smallest absolute Gasteiger partial charge is 0.410 e.